The van der Waals surface area contributed by atoms with Crippen LogP contribution in [0.5, 0.6) is 11.5 Å². The normalized spacial score (nSPS) is 7.21. The third kappa shape index (κ3) is 6.21. The van der Waals surface area contributed by atoms with E-state index in [9.17, 15) is 10.1 Å². The molecule has 0 fully saturated rings. The summed E-state index contributed by atoms with van der Waals surface area (Å²) in [7, 11) is 2.61. The Bertz CT molecular complexity index is 456. The Balaban J connectivity index is -0.000000281. The van der Waals surface area contributed by atoms with Crippen LogP contribution in [0, 0.1) is 15.5 Å². The molecule has 1 aromatic rings. The summed E-state index contributed by atoms with van der Waals surface area (Å²) in [6.45, 7) is 0. The van der Waals surface area contributed by atoms with Gasteiger partial charge in [0.05, 0.1) is 31.3 Å². The maximum atomic E-state index is 10.6. The Labute approximate surface area is 140 Å². The van der Waals surface area contributed by atoms with Gasteiger partial charge in [-0.2, -0.15) is 0 Å². The van der Waals surface area contributed by atoms with Gasteiger partial charge in [0.15, 0.2) is 4.98 Å². The first-order valence-corrected chi connectivity index (χ1v) is 3.89. The van der Waals surface area contributed by atoms with E-state index in [1.165, 1.54) is 20.3 Å². The third-order valence-corrected chi connectivity index (χ3v) is 1.78. The molecule has 11 heteroatoms. The first-order chi connectivity index (χ1) is 7.13. The van der Waals surface area contributed by atoms with Gasteiger partial charge in [0.25, 0.3) is 0 Å². The molecule has 0 saturated heterocycles. The molecule has 0 unspecified atom stereocenters. The molecule has 0 atom stereocenters. The minimum Gasteiger partial charge on any atom is -1.00 e. The first-order valence-electron chi connectivity index (χ1n) is 3.89. The van der Waals surface area contributed by atoms with Crippen LogP contribution < -0.4 is 46.7 Å². The molecule has 0 radical (unpaired) electrons. The Kier molecular flexibility index (Phi) is 17.1. The van der Waals surface area contributed by atoms with E-state index >= 15 is 0 Å². The summed E-state index contributed by atoms with van der Waals surface area (Å²) < 4.78 is 9.59. The van der Waals surface area contributed by atoms with Gasteiger partial charge in [0, 0.05) is 0 Å². The maximum absolute atomic E-state index is 10.6. The van der Waals surface area contributed by atoms with Crippen molar-refractivity contribution in [2.75, 3.05) is 14.2 Å². The van der Waals surface area contributed by atoms with Crippen LogP contribution in [0.25, 0.3) is 4.98 Å². The topological polar surface area (TPSA) is 89.8 Å². The molecular weight excluding hydrogens is 374 g/mol. The van der Waals surface area contributed by atoms with Crippen LogP contribution in [0.1, 0.15) is 0 Å². The van der Waals surface area contributed by atoms with Crippen LogP contribution >= 0.6 is 0 Å². The van der Waals surface area contributed by atoms with Gasteiger partial charge in [-0.3, -0.25) is 10.1 Å². The van der Waals surface area contributed by atoms with Crippen molar-refractivity contribution >= 4 is 11.4 Å². The molecule has 0 aliphatic carbocycles. The number of nitrogens with zero attached hydrogens (tertiary/aromatic N) is 3. The number of rotatable bonds is 3. The predicted octanol–water partition coefficient (Wildman–Crippen LogP) is -6.89. The fourth-order valence-corrected chi connectivity index (χ4v) is 1.09. The van der Waals surface area contributed by atoms with E-state index < -0.39 is 4.92 Å². The molecule has 7 nitrogen and oxygen atoms in total. The molecule has 102 valence electrons. The molecule has 0 aliphatic heterocycles. The second-order valence-corrected chi connectivity index (χ2v) is 2.55. The fourth-order valence-electron chi connectivity index (χ4n) is 1.09. The van der Waals surface area contributed by atoms with Gasteiger partial charge in [-0.1, -0.05) is 0 Å². The zero-order valence-electron chi connectivity index (χ0n) is 9.97. The molecule has 1 rings (SSSR count). The second kappa shape index (κ2) is 12.2. The number of benzene rings is 1. The Hall–Kier alpha value is -0.867. The summed E-state index contributed by atoms with van der Waals surface area (Å²) in [4.78, 5) is 12.9. The largest absolute Gasteiger partial charge is 2.00 e. The van der Waals surface area contributed by atoms with E-state index in [-0.39, 0.29) is 79.6 Å². The smallest absolute Gasteiger partial charge is 1.00 e. The molecule has 0 amide bonds. The molecular formula is C8H8Cl3N3O4Zn. The van der Waals surface area contributed by atoms with Crippen LogP contribution in [0.15, 0.2) is 12.1 Å². The minimum atomic E-state index is -0.609. The number of hydrogen-bond donors (Lipinski definition) is 0. The Morgan fingerprint density at radius 1 is 1.16 bits per heavy atom. The number of halogens is 3. The van der Waals surface area contributed by atoms with Crippen LogP contribution in [-0.4, -0.2) is 19.1 Å². The molecule has 0 bridgehead atoms. The van der Waals surface area contributed by atoms with Gasteiger partial charge in [0.1, 0.15) is 0 Å². The minimum absolute atomic E-state index is 0. The maximum Gasteiger partial charge on any atom is 2.00 e. The van der Waals surface area contributed by atoms with Gasteiger partial charge in [-0.15, -0.1) is 0 Å². The number of diazo groups is 1. The first kappa shape index (κ1) is 26.6. The molecule has 0 saturated carbocycles. The van der Waals surface area contributed by atoms with Gasteiger partial charge in [0.2, 0.25) is 16.9 Å². The molecule has 19 heavy (non-hydrogen) atoms. The molecule has 1 aromatic carbocycles. The number of nitro groups is 1. The Morgan fingerprint density at radius 3 is 1.95 bits per heavy atom. The average molecular weight is 382 g/mol. The van der Waals surface area contributed by atoms with Gasteiger partial charge in [-0.25, -0.2) is 0 Å². The van der Waals surface area contributed by atoms with Crippen molar-refractivity contribution in [3.8, 4) is 11.5 Å². The van der Waals surface area contributed by atoms with Crippen LogP contribution in [0.3, 0.4) is 0 Å². The number of ether oxygens (including phenoxy) is 2. The zero-order valence-corrected chi connectivity index (χ0v) is 15.2. The van der Waals surface area contributed by atoms with Crippen LogP contribution in [-0.2, 0) is 19.5 Å². The monoisotopic (exact) mass is 379 g/mol. The number of hydrogen-bond acceptors (Lipinski definition) is 5. The van der Waals surface area contributed by atoms with Crippen LogP contribution in [0.2, 0.25) is 0 Å². The van der Waals surface area contributed by atoms with Crippen molar-refractivity contribution in [1.29, 1.82) is 5.39 Å². The molecule has 0 heterocycles. The summed E-state index contributed by atoms with van der Waals surface area (Å²) in [5.41, 5.74) is -0.179. The fraction of sp³-hybridized carbons (Fsp3) is 0.250. The zero-order chi connectivity index (χ0) is 11.4. The number of methoxy groups -OCH3 is 2. The average Bonchev–Trinajstić information content (AvgIpc) is 2.26. The van der Waals surface area contributed by atoms with Crippen molar-refractivity contribution < 1.29 is 71.1 Å². The molecule has 0 N–H and O–H groups in total. The van der Waals surface area contributed by atoms with Crippen molar-refractivity contribution in [2.24, 2.45) is 0 Å². The summed E-state index contributed by atoms with van der Waals surface area (Å²) in [5.74, 6) is 0.110. The second-order valence-electron chi connectivity index (χ2n) is 2.55. The third-order valence-electron chi connectivity index (χ3n) is 1.78. The van der Waals surface area contributed by atoms with E-state index in [0.717, 1.165) is 6.07 Å². The van der Waals surface area contributed by atoms with Crippen molar-refractivity contribution in [1.82, 2.24) is 0 Å². The summed E-state index contributed by atoms with van der Waals surface area (Å²) in [6, 6.07) is 2.35. The van der Waals surface area contributed by atoms with Gasteiger partial charge < -0.3 is 46.7 Å². The van der Waals surface area contributed by atoms with Crippen LogP contribution in [0.4, 0.5) is 11.4 Å². The van der Waals surface area contributed by atoms with Crippen molar-refractivity contribution in [3.63, 3.8) is 0 Å². The molecule has 0 aromatic heterocycles. The van der Waals surface area contributed by atoms with E-state index in [2.05, 4.69) is 4.98 Å². The summed E-state index contributed by atoms with van der Waals surface area (Å²) in [6.07, 6.45) is 0. The van der Waals surface area contributed by atoms with Crippen molar-refractivity contribution in [2.45, 2.75) is 0 Å². The van der Waals surface area contributed by atoms with Crippen molar-refractivity contribution in [3.05, 3.63) is 27.2 Å². The van der Waals surface area contributed by atoms with E-state index in [0.29, 0.717) is 0 Å². The van der Waals surface area contributed by atoms with E-state index in [1.54, 1.807) is 0 Å². The van der Waals surface area contributed by atoms with Gasteiger partial charge in [-0.05, 0) is 0 Å². The predicted molar refractivity (Wildman–Crippen MR) is 50.9 cm³/mol. The SMILES string of the molecule is COc1cc([N+](=O)[O-])c(OC)cc1[N+]#N.[Cl-].[Cl-].[Cl-].[Zn+2]. The standard InChI is InChI=1S/C8H8N3O4.3ClH.Zn/c1-14-7-4-6(11(12)13)8(15-2)3-5(7)10-9;;;;/h3-4H,1-2H3;3*1H;/q+1;;;;+2/p-3. The van der Waals surface area contributed by atoms with Gasteiger partial charge >= 0.3 is 30.9 Å². The van der Waals surface area contributed by atoms with E-state index in [1.807, 2.05) is 0 Å². The molecule has 0 aliphatic rings. The summed E-state index contributed by atoms with van der Waals surface area (Å²) >= 11 is 0. The van der Waals surface area contributed by atoms with E-state index in [4.69, 9.17) is 14.9 Å². The summed E-state index contributed by atoms with van der Waals surface area (Å²) in [5, 5.41) is 19.2. The molecule has 0 spiro atoms. The Morgan fingerprint density at radius 2 is 1.63 bits per heavy atom. The number of nitro benzene ring substituents is 1. The quantitative estimate of drug-likeness (QED) is 0.225.